The Morgan fingerprint density at radius 1 is 1.43 bits per heavy atom. The second kappa shape index (κ2) is 6.68. The van der Waals surface area contributed by atoms with Crippen LogP contribution in [0.4, 0.5) is 0 Å². The topological polar surface area (TPSA) is 77.0 Å². The Hall–Kier alpha value is -1.92. The Morgan fingerprint density at radius 3 is 2.87 bits per heavy atom. The van der Waals surface area contributed by atoms with Gasteiger partial charge in [-0.15, -0.1) is 17.5 Å². The second-order valence-electron chi connectivity index (χ2n) is 6.38. The van der Waals surface area contributed by atoms with Crippen LogP contribution in [0, 0.1) is 12.3 Å². The van der Waals surface area contributed by atoms with Gasteiger partial charge in [-0.25, -0.2) is 4.68 Å². The highest BCUT2D eigenvalue weighted by Crippen LogP contribution is 2.29. The number of hydrogen-bond acceptors (Lipinski definition) is 4. The number of aromatic nitrogens is 3. The van der Waals surface area contributed by atoms with Crippen molar-refractivity contribution in [1.82, 2.24) is 19.9 Å². The van der Waals surface area contributed by atoms with Gasteiger partial charge in [-0.1, -0.05) is 24.3 Å². The van der Waals surface area contributed by atoms with E-state index in [2.05, 4.69) is 17.2 Å². The maximum absolute atomic E-state index is 12.5. The van der Waals surface area contributed by atoms with Gasteiger partial charge in [0.15, 0.2) is 5.69 Å². The van der Waals surface area contributed by atoms with Crippen LogP contribution in [0.3, 0.4) is 0 Å². The Kier molecular flexibility index (Phi) is 5.06. The molecule has 1 amide bonds. The first kappa shape index (κ1) is 17.4. The third-order valence-corrected chi connectivity index (χ3v) is 4.32. The number of nitrogens with zero attached hydrogens (tertiary/aromatic N) is 4. The van der Waals surface area contributed by atoms with Gasteiger partial charge < -0.3 is 10.6 Å². The van der Waals surface area contributed by atoms with Crippen molar-refractivity contribution in [2.24, 2.45) is 11.1 Å². The van der Waals surface area contributed by atoms with E-state index in [9.17, 15) is 4.79 Å². The fraction of sp³-hybridized carbons (Fsp3) is 0.438. The van der Waals surface area contributed by atoms with Gasteiger partial charge in [0.05, 0.1) is 11.9 Å². The van der Waals surface area contributed by atoms with Crippen LogP contribution in [-0.2, 0) is 0 Å². The summed E-state index contributed by atoms with van der Waals surface area (Å²) in [6.07, 6.45) is 2.62. The van der Waals surface area contributed by atoms with Crippen molar-refractivity contribution in [2.45, 2.75) is 20.3 Å². The Balaban J connectivity index is 0.00000192. The zero-order valence-corrected chi connectivity index (χ0v) is 14.2. The number of carbonyl (C=O) groups is 1. The molecule has 1 aromatic heterocycles. The van der Waals surface area contributed by atoms with Crippen molar-refractivity contribution in [1.29, 1.82) is 0 Å². The zero-order chi connectivity index (χ0) is 15.7. The lowest BCUT2D eigenvalue weighted by molar-refractivity contribution is 0.0771. The van der Waals surface area contributed by atoms with Crippen molar-refractivity contribution >= 4 is 18.3 Å². The summed E-state index contributed by atoms with van der Waals surface area (Å²) in [4.78, 5) is 14.3. The molecule has 2 aromatic rings. The molecule has 3 rings (SSSR count). The number of halogens is 1. The first-order valence-corrected chi connectivity index (χ1v) is 7.49. The second-order valence-corrected chi connectivity index (χ2v) is 6.38. The highest BCUT2D eigenvalue weighted by molar-refractivity contribution is 5.92. The lowest BCUT2D eigenvalue weighted by Gasteiger charge is -2.21. The van der Waals surface area contributed by atoms with Gasteiger partial charge in [0, 0.05) is 13.1 Å². The number of carbonyl (C=O) groups excluding carboxylic acids is 1. The van der Waals surface area contributed by atoms with Crippen LogP contribution in [0.5, 0.6) is 0 Å². The van der Waals surface area contributed by atoms with E-state index in [1.165, 1.54) is 0 Å². The number of aryl methyl sites for hydroxylation is 1. The van der Waals surface area contributed by atoms with E-state index in [4.69, 9.17) is 5.73 Å². The van der Waals surface area contributed by atoms with Crippen LogP contribution >= 0.6 is 12.4 Å². The van der Waals surface area contributed by atoms with E-state index < -0.39 is 0 Å². The molecule has 7 heteroatoms. The van der Waals surface area contributed by atoms with E-state index in [0.717, 1.165) is 24.2 Å². The fourth-order valence-electron chi connectivity index (χ4n) is 2.78. The minimum atomic E-state index is -0.0731. The van der Waals surface area contributed by atoms with Crippen LogP contribution in [0.25, 0.3) is 5.69 Å². The van der Waals surface area contributed by atoms with Crippen LogP contribution in [-0.4, -0.2) is 45.4 Å². The van der Waals surface area contributed by atoms with Gasteiger partial charge in [0.25, 0.3) is 5.91 Å². The van der Waals surface area contributed by atoms with E-state index >= 15 is 0 Å². The molecule has 2 heterocycles. The summed E-state index contributed by atoms with van der Waals surface area (Å²) in [5.74, 6) is -0.0731. The molecule has 1 unspecified atom stereocenters. The SMILES string of the molecule is Cc1cccc(-n2cc(C(=O)N3CCC(C)(CN)C3)nn2)c1.Cl. The molecular formula is C16H22ClN5O. The number of hydrogen-bond donors (Lipinski definition) is 1. The highest BCUT2D eigenvalue weighted by Gasteiger charge is 2.35. The third-order valence-electron chi connectivity index (χ3n) is 4.32. The van der Waals surface area contributed by atoms with Crippen LogP contribution in [0.2, 0.25) is 0 Å². The summed E-state index contributed by atoms with van der Waals surface area (Å²) in [6, 6.07) is 7.92. The van der Waals surface area contributed by atoms with Gasteiger partial charge in [-0.3, -0.25) is 4.79 Å². The average Bonchev–Trinajstić information content (AvgIpc) is 3.14. The first-order valence-electron chi connectivity index (χ1n) is 7.49. The Labute approximate surface area is 142 Å². The Morgan fingerprint density at radius 2 is 2.22 bits per heavy atom. The van der Waals surface area contributed by atoms with E-state index in [1.807, 2.05) is 36.1 Å². The quantitative estimate of drug-likeness (QED) is 0.928. The van der Waals surface area contributed by atoms with E-state index in [0.29, 0.717) is 18.8 Å². The minimum absolute atomic E-state index is 0. The molecule has 0 saturated carbocycles. The van der Waals surface area contributed by atoms with Crippen molar-refractivity contribution in [3.8, 4) is 5.69 Å². The number of likely N-dealkylation sites (tertiary alicyclic amines) is 1. The van der Waals surface area contributed by atoms with Gasteiger partial charge in [0.2, 0.25) is 0 Å². The molecule has 0 spiro atoms. The fourth-order valence-corrected chi connectivity index (χ4v) is 2.78. The Bertz CT molecular complexity index is 701. The van der Waals surface area contributed by atoms with Gasteiger partial charge >= 0.3 is 0 Å². The number of amides is 1. The van der Waals surface area contributed by atoms with Crippen LogP contribution in [0.1, 0.15) is 29.4 Å². The number of benzene rings is 1. The molecule has 124 valence electrons. The smallest absolute Gasteiger partial charge is 0.276 e. The normalized spacial score (nSPS) is 20.4. The summed E-state index contributed by atoms with van der Waals surface area (Å²) >= 11 is 0. The molecule has 1 aromatic carbocycles. The standard InChI is InChI=1S/C16H21N5O.ClH/c1-12-4-3-5-13(8-12)21-9-14(18-19-21)15(22)20-7-6-16(2,10-17)11-20;/h3-5,8-9H,6-7,10-11,17H2,1-2H3;1H. The molecule has 0 radical (unpaired) electrons. The molecule has 1 fully saturated rings. The molecule has 0 bridgehead atoms. The van der Waals surface area contributed by atoms with E-state index in [-0.39, 0.29) is 23.7 Å². The summed E-state index contributed by atoms with van der Waals surface area (Å²) < 4.78 is 1.64. The molecule has 1 aliphatic rings. The monoisotopic (exact) mass is 335 g/mol. The molecule has 2 N–H and O–H groups in total. The van der Waals surface area contributed by atoms with Crippen LogP contribution < -0.4 is 5.73 Å². The molecule has 23 heavy (non-hydrogen) atoms. The molecule has 1 saturated heterocycles. The van der Waals surface area contributed by atoms with Gasteiger partial charge in [-0.05, 0) is 43.0 Å². The summed E-state index contributed by atoms with van der Waals surface area (Å²) in [6.45, 7) is 6.13. The predicted octanol–water partition coefficient (Wildman–Crippen LogP) is 1.81. The molecular weight excluding hydrogens is 314 g/mol. The summed E-state index contributed by atoms with van der Waals surface area (Å²) in [7, 11) is 0. The van der Waals surface area contributed by atoms with Crippen molar-refractivity contribution in [3.05, 3.63) is 41.7 Å². The maximum Gasteiger partial charge on any atom is 0.276 e. The zero-order valence-electron chi connectivity index (χ0n) is 13.4. The molecule has 1 atom stereocenters. The highest BCUT2D eigenvalue weighted by atomic mass is 35.5. The number of rotatable bonds is 3. The van der Waals surface area contributed by atoms with Crippen molar-refractivity contribution in [3.63, 3.8) is 0 Å². The lowest BCUT2D eigenvalue weighted by Crippen LogP contribution is -2.34. The van der Waals surface area contributed by atoms with E-state index in [1.54, 1.807) is 10.9 Å². The average molecular weight is 336 g/mol. The third kappa shape index (κ3) is 3.54. The maximum atomic E-state index is 12.5. The van der Waals surface area contributed by atoms with Crippen molar-refractivity contribution < 1.29 is 4.79 Å². The predicted molar refractivity (Wildman–Crippen MR) is 91.0 cm³/mol. The largest absolute Gasteiger partial charge is 0.337 e. The van der Waals surface area contributed by atoms with Gasteiger partial charge in [0.1, 0.15) is 0 Å². The first-order chi connectivity index (χ1) is 10.5. The van der Waals surface area contributed by atoms with Crippen LogP contribution in [0.15, 0.2) is 30.5 Å². The van der Waals surface area contributed by atoms with Crippen molar-refractivity contribution in [2.75, 3.05) is 19.6 Å². The summed E-state index contributed by atoms with van der Waals surface area (Å²) in [5.41, 5.74) is 8.23. The molecule has 1 aliphatic heterocycles. The van der Waals surface area contributed by atoms with Gasteiger partial charge in [-0.2, -0.15) is 0 Å². The molecule has 6 nitrogen and oxygen atoms in total. The minimum Gasteiger partial charge on any atom is -0.337 e. The summed E-state index contributed by atoms with van der Waals surface area (Å²) in [5, 5.41) is 8.10. The number of nitrogens with two attached hydrogens (primary N) is 1. The lowest BCUT2D eigenvalue weighted by atomic mass is 9.90. The molecule has 0 aliphatic carbocycles.